The number of methoxy groups -OCH3 is 2. The predicted octanol–water partition coefficient (Wildman–Crippen LogP) is 2.23. The fourth-order valence-corrected chi connectivity index (χ4v) is 6.27. The van der Waals surface area contributed by atoms with E-state index in [0.29, 0.717) is 32.4 Å². The fourth-order valence-electron chi connectivity index (χ4n) is 6.27. The number of alkyl carbamates (subject to hydrolysis) is 1. The monoisotopic (exact) mass is 789 g/mol. The lowest BCUT2D eigenvalue weighted by Gasteiger charge is -2.43. The number of carbonyl (C=O) groups is 3. The molecule has 55 heavy (non-hydrogen) atoms. The average Bonchev–Trinajstić information content (AvgIpc) is 3.17. The molecule has 21 nitrogen and oxygen atoms in total. The van der Waals surface area contributed by atoms with Crippen LogP contribution in [0.1, 0.15) is 89.9 Å². The maximum atomic E-state index is 13.3. The minimum Gasteiger partial charge on any atom is -0.440 e. The van der Waals surface area contributed by atoms with Crippen molar-refractivity contribution in [3.8, 4) is 0 Å². The maximum absolute atomic E-state index is 13.3. The molecule has 0 bridgehead atoms. The number of hydrogen-bond acceptors (Lipinski definition) is 16. The number of aliphatic hydroxyl groups is 5. The highest BCUT2D eigenvalue weighted by molar-refractivity contribution is 5.88. The molecule has 2 saturated heterocycles. The predicted molar refractivity (Wildman–Crippen MR) is 192 cm³/mol. The van der Waals surface area contributed by atoms with Crippen LogP contribution in [-0.4, -0.2) is 151 Å². The second-order valence-corrected chi connectivity index (χ2v) is 13.6. The summed E-state index contributed by atoms with van der Waals surface area (Å²) in [4.78, 5) is 44.7. The van der Waals surface area contributed by atoms with Crippen LogP contribution in [0.15, 0.2) is 10.2 Å². The summed E-state index contributed by atoms with van der Waals surface area (Å²) in [5.74, 6) is -0.399. The van der Waals surface area contributed by atoms with Crippen LogP contribution in [0.5, 0.6) is 0 Å². The third kappa shape index (κ3) is 17.2. The van der Waals surface area contributed by atoms with E-state index in [2.05, 4.69) is 25.4 Å². The molecule has 0 aliphatic carbocycles. The van der Waals surface area contributed by atoms with Gasteiger partial charge in [0.25, 0.3) is 0 Å². The average molecular weight is 790 g/mol. The largest absolute Gasteiger partial charge is 0.440 e. The lowest BCUT2D eigenvalue weighted by Crippen LogP contribution is -2.62. The summed E-state index contributed by atoms with van der Waals surface area (Å²) >= 11 is 0. The first kappa shape index (κ1) is 48.0. The SMILES string of the molecule is COCC1O[C@@H](OCC2O[C@H](OC)C(O)[C@@H](OC(=O)N[C@@H](CCC(=O)CCCCCCCN=[N+]=[N-])C(=O)CCCCCCCN=[N+]=[N-])[C@@H]2O)C(O)[C@@H](O)[C@@H]1O. The molecule has 21 heteroatoms. The van der Waals surface area contributed by atoms with Crippen LogP contribution in [0.3, 0.4) is 0 Å². The van der Waals surface area contributed by atoms with Crippen molar-refractivity contribution in [3.63, 3.8) is 0 Å². The topological polar surface area (TPSA) is 317 Å². The van der Waals surface area contributed by atoms with Crippen molar-refractivity contribution in [2.24, 2.45) is 10.2 Å². The Morgan fingerprint density at radius 2 is 1.25 bits per heavy atom. The summed E-state index contributed by atoms with van der Waals surface area (Å²) in [6.45, 7) is 0.189. The lowest BCUT2D eigenvalue weighted by molar-refractivity contribution is -0.328. The van der Waals surface area contributed by atoms with Crippen molar-refractivity contribution in [1.29, 1.82) is 0 Å². The van der Waals surface area contributed by atoms with E-state index in [1.807, 2.05) is 0 Å². The molecular weight excluding hydrogens is 730 g/mol. The van der Waals surface area contributed by atoms with Crippen molar-refractivity contribution in [3.05, 3.63) is 20.9 Å². The van der Waals surface area contributed by atoms with Crippen LogP contribution < -0.4 is 5.32 Å². The smallest absolute Gasteiger partial charge is 0.408 e. The Morgan fingerprint density at radius 3 is 1.85 bits per heavy atom. The number of azide groups is 2. The molecule has 314 valence electrons. The van der Waals surface area contributed by atoms with Gasteiger partial charge in [-0.15, -0.1) is 0 Å². The van der Waals surface area contributed by atoms with Gasteiger partial charge in [-0.3, -0.25) is 9.59 Å². The van der Waals surface area contributed by atoms with Crippen molar-refractivity contribution < 1.29 is 68.3 Å². The molecule has 0 aromatic heterocycles. The normalized spacial score (nSPS) is 28.3. The van der Waals surface area contributed by atoms with E-state index >= 15 is 0 Å². The second kappa shape index (κ2) is 27.4. The molecule has 2 rings (SSSR count). The minimum atomic E-state index is -1.72. The Morgan fingerprint density at radius 1 is 0.691 bits per heavy atom. The molecule has 0 aromatic carbocycles. The van der Waals surface area contributed by atoms with Crippen LogP contribution in [-0.2, 0) is 38.0 Å². The van der Waals surface area contributed by atoms with Crippen LogP contribution in [0.2, 0.25) is 0 Å². The molecule has 2 aliphatic rings. The van der Waals surface area contributed by atoms with Gasteiger partial charge in [-0.25, -0.2) is 4.79 Å². The Balaban J connectivity index is 2.02. The highest BCUT2D eigenvalue weighted by Crippen LogP contribution is 2.27. The zero-order chi connectivity index (χ0) is 40.6. The number of ether oxygens (including phenoxy) is 6. The lowest BCUT2D eigenvalue weighted by atomic mass is 9.98. The van der Waals surface area contributed by atoms with E-state index in [-0.39, 0.29) is 37.4 Å². The first-order valence-corrected chi connectivity index (χ1v) is 18.9. The first-order chi connectivity index (χ1) is 26.5. The number of aliphatic hydroxyl groups excluding tert-OH is 5. The highest BCUT2D eigenvalue weighted by Gasteiger charge is 2.49. The third-order valence-electron chi connectivity index (χ3n) is 9.46. The molecule has 4 unspecified atom stereocenters. The number of nitrogens with zero attached hydrogens (tertiary/aromatic N) is 6. The number of unbranched alkanes of at least 4 members (excludes halogenated alkanes) is 8. The van der Waals surface area contributed by atoms with Crippen LogP contribution >= 0.6 is 0 Å². The van der Waals surface area contributed by atoms with E-state index in [0.717, 1.165) is 51.4 Å². The van der Waals surface area contributed by atoms with Crippen LogP contribution in [0.25, 0.3) is 20.9 Å². The van der Waals surface area contributed by atoms with Crippen LogP contribution in [0.4, 0.5) is 4.79 Å². The summed E-state index contributed by atoms with van der Waals surface area (Å²) in [6.07, 6.45) is -8.19. The quantitative estimate of drug-likeness (QED) is 0.0287. The van der Waals surface area contributed by atoms with E-state index in [9.17, 15) is 39.9 Å². The fraction of sp³-hybridized carbons (Fsp3) is 0.912. The number of ketones is 2. The van der Waals surface area contributed by atoms with Gasteiger partial charge in [-0.1, -0.05) is 48.8 Å². The molecule has 2 fully saturated rings. The van der Waals surface area contributed by atoms with Gasteiger partial charge in [-0.05, 0) is 43.2 Å². The third-order valence-corrected chi connectivity index (χ3v) is 9.46. The number of hydrogen-bond donors (Lipinski definition) is 6. The number of nitrogens with one attached hydrogen (secondary N) is 1. The molecule has 0 aromatic rings. The molecule has 0 spiro atoms. The van der Waals surface area contributed by atoms with Gasteiger partial charge in [0.05, 0.1) is 19.3 Å². The summed E-state index contributed by atoms with van der Waals surface area (Å²) in [5, 5.41) is 62.3. The Hall–Kier alpha value is -3.17. The molecule has 1 amide bonds. The number of Topliss-reactive ketones (excluding diaryl/α,β-unsaturated/α-hetero) is 2. The molecular formula is C34H59N7O14. The molecule has 2 aliphatic heterocycles. The van der Waals surface area contributed by atoms with Gasteiger partial charge in [0.2, 0.25) is 0 Å². The summed E-state index contributed by atoms with van der Waals surface area (Å²) in [6, 6.07) is -1.10. The van der Waals surface area contributed by atoms with Crippen molar-refractivity contribution in [1.82, 2.24) is 5.32 Å². The summed E-state index contributed by atoms with van der Waals surface area (Å²) in [5.41, 5.74) is 16.8. The van der Waals surface area contributed by atoms with Gasteiger partial charge in [-0.2, -0.15) is 0 Å². The van der Waals surface area contributed by atoms with E-state index < -0.39 is 80.2 Å². The van der Waals surface area contributed by atoms with E-state index in [1.165, 1.54) is 14.2 Å². The van der Waals surface area contributed by atoms with Gasteiger partial charge in [0.1, 0.15) is 48.5 Å². The van der Waals surface area contributed by atoms with E-state index in [4.69, 9.17) is 39.5 Å². The zero-order valence-corrected chi connectivity index (χ0v) is 31.7. The standard InChI is InChI=1S/C34H59N7O14/c1-50-19-24-26(44)28(46)29(47)33(54-24)52-20-25-27(45)31(30(48)32(51-2)53-25)55-34(49)39-22(23(43)14-10-6-4-8-12-18-38-41-36)16-15-21(42)13-9-5-3-7-11-17-37-40-35/h22,24-33,44-48H,3-20H2,1-2H3,(H,39,49)/t22-,24?,25?,26+,27+,28-,29?,30?,31-,32-,33+/m0/s1. The van der Waals surface area contributed by atoms with Crippen molar-refractivity contribution in [2.75, 3.05) is 40.5 Å². The summed E-state index contributed by atoms with van der Waals surface area (Å²) in [7, 11) is 2.56. The van der Waals surface area contributed by atoms with Gasteiger partial charge < -0.3 is 59.3 Å². The Labute approximate surface area is 320 Å². The zero-order valence-electron chi connectivity index (χ0n) is 31.7. The molecule has 0 saturated carbocycles. The highest BCUT2D eigenvalue weighted by atomic mass is 16.7. The Kier molecular flexibility index (Phi) is 23.9. The number of carbonyl (C=O) groups excluding carboxylic acids is 3. The molecule has 6 N–H and O–H groups in total. The van der Waals surface area contributed by atoms with Crippen LogP contribution in [0, 0.1) is 0 Å². The number of rotatable bonds is 28. The van der Waals surface area contributed by atoms with Gasteiger partial charge >= 0.3 is 6.09 Å². The molecule has 11 atom stereocenters. The Bertz CT molecular complexity index is 1240. The van der Waals surface area contributed by atoms with Crippen molar-refractivity contribution >= 4 is 17.7 Å². The van der Waals surface area contributed by atoms with Gasteiger partial charge in [0.15, 0.2) is 24.5 Å². The van der Waals surface area contributed by atoms with Gasteiger partial charge in [0, 0.05) is 56.4 Å². The summed E-state index contributed by atoms with van der Waals surface area (Å²) < 4.78 is 32.3. The van der Waals surface area contributed by atoms with Crippen molar-refractivity contribution in [2.45, 2.75) is 157 Å². The minimum absolute atomic E-state index is 0.00939. The van der Waals surface area contributed by atoms with E-state index in [1.54, 1.807) is 0 Å². The molecule has 0 radical (unpaired) electrons. The second-order valence-electron chi connectivity index (χ2n) is 13.6. The number of amides is 1. The maximum Gasteiger partial charge on any atom is 0.408 e. The molecule has 2 heterocycles. The first-order valence-electron chi connectivity index (χ1n) is 18.9.